The third-order valence-electron chi connectivity index (χ3n) is 6.52. The first-order valence-corrected chi connectivity index (χ1v) is 13.8. The molecule has 0 fully saturated rings. The number of aliphatic hydroxyl groups is 1. The molecule has 0 heterocycles. The Morgan fingerprint density at radius 3 is 1.63 bits per heavy atom. The van der Waals surface area contributed by atoms with Gasteiger partial charge < -0.3 is 24.6 Å². The van der Waals surface area contributed by atoms with E-state index in [-0.39, 0.29) is 19.8 Å². The second kappa shape index (κ2) is 16.9. The number of benzene rings is 4. The number of hydrogen-bond acceptors (Lipinski definition) is 6. The van der Waals surface area contributed by atoms with Gasteiger partial charge in [0.05, 0.1) is 26.4 Å². The van der Waals surface area contributed by atoms with Gasteiger partial charge in [-0.05, 0) is 22.3 Å². The van der Waals surface area contributed by atoms with Crippen LogP contribution in [0.15, 0.2) is 133 Å². The van der Waals surface area contributed by atoms with Crippen molar-refractivity contribution in [3.63, 3.8) is 0 Å². The molecule has 4 rings (SSSR count). The Labute approximate surface area is 242 Å². The van der Waals surface area contributed by atoms with Gasteiger partial charge in [0.1, 0.15) is 24.6 Å². The van der Waals surface area contributed by atoms with Crippen LogP contribution in [0.5, 0.6) is 0 Å². The fourth-order valence-electron chi connectivity index (χ4n) is 4.34. The maximum atomic E-state index is 12.4. The van der Waals surface area contributed by atoms with Crippen LogP contribution in [0, 0.1) is 0 Å². The molecular formula is C35H37NO5. The summed E-state index contributed by atoms with van der Waals surface area (Å²) in [7, 11) is 0. The summed E-state index contributed by atoms with van der Waals surface area (Å²) in [5.41, 5.74) is 4.28. The summed E-state index contributed by atoms with van der Waals surface area (Å²) in [6.07, 6.45) is -0.420. The fourth-order valence-corrected chi connectivity index (χ4v) is 4.34. The van der Waals surface area contributed by atoms with Crippen LogP contribution in [0.3, 0.4) is 0 Å². The van der Waals surface area contributed by atoms with E-state index < -0.39 is 18.3 Å². The highest BCUT2D eigenvalue weighted by atomic mass is 16.6. The van der Waals surface area contributed by atoms with Crippen molar-refractivity contribution in [3.05, 3.63) is 155 Å². The van der Waals surface area contributed by atoms with E-state index in [9.17, 15) is 9.90 Å². The molecule has 6 heteroatoms. The van der Waals surface area contributed by atoms with Gasteiger partial charge >= 0.3 is 0 Å². The largest absolute Gasteiger partial charge is 0.388 e. The minimum Gasteiger partial charge on any atom is -0.388 e. The van der Waals surface area contributed by atoms with E-state index in [4.69, 9.17) is 14.2 Å². The number of ether oxygens (including phenoxy) is 3. The van der Waals surface area contributed by atoms with E-state index >= 15 is 0 Å². The molecule has 0 bridgehead atoms. The zero-order chi connectivity index (χ0) is 28.5. The van der Waals surface area contributed by atoms with Gasteiger partial charge in [0.25, 0.3) is 0 Å². The number of nitrogens with one attached hydrogen (secondary N) is 1. The molecule has 0 aliphatic rings. The Morgan fingerprint density at radius 2 is 1.12 bits per heavy atom. The molecule has 0 saturated carbocycles. The fraction of sp³-hybridized carbons (Fsp3) is 0.229. The highest BCUT2D eigenvalue weighted by Gasteiger charge is 2.33. The number of rotatable bonds is 17. The summed E-state index contributed by atoms with van der Waals surface area (Å²) in [4.78, 5) is 12.4. The molecule has 0 amide bonds. The predicted molar refractivity (Wildman–Crippen MR) is 160 cm³/mol. The number of aliphatic hydroxyl groups excluding tert-OH is 1. The molecule has 0 aliphatic heterocycles. The first kappa shape index (κ1) is 29.9. The second-order valence-corrected chi connectivity index (χ2v) is 9.68. The van der Waals surface area contributed by atoms with Crippen LogP contribution in [0.2, 0.25) is 0 Å². The van der Waals surface area contributed by atoms with Crippen molar-refractivity contribution in [2.45, 2.75) is 44.7 Å². The molecule has 3 atom stereocenters. The lowest BCUT2D eigenvalue weighted by molar-refractivity contribution is -0.139. The maximum absolute atomic E-state index is 12.4. The maximum Gasteiger partial charge on any atom is 0.150 e. The molecule has 0 aliphatic carbocycles. The molecule has 6 nitrogen and oxygen atoms in total. The Balaban J connectivity index is 1.55. The van der Waals surface area contributed by atoms with E-state index in [1.54, 1.807) is 6.20 Å². The lowest BCUT2D eigenvalue weighted by atomic mass is 10.0. The average Bonchev–Trinajstić information content (AvgIpc) is 3.03. The SMILES string of the molecule is O=C/C(=C/NCc1ccccc1)[C@@H](OCc1ccccc1)[C@@H](OCc1ccccc1)[C@H](O)COCc1ccccc1. The van der Waals surface area contributed by atoms with Crippen LogP contribution in [0.25, 0.3) is 0 Å². The molecule has 0 unspecified atom stereocenters. The minimum absolute atomic E-state index is 0.00310. The third kappa shape index (κ3) is 10.1. The van der Waals surface area contributed by atoms with Crippen molar-refractivity contribution in [1.82, 2.24) is 5.32 Å². The quantitative estimate of drug-likeness (QED) is 0.131. The van der Waals surface area contributed by atoms with E-state index in [0.29, 0.717) is 18.7 Å². The summed E-state index contributed by atoms with van der Waals surface area (Å²) in [6, 6.07) is 39.1. The standard InChI is InChI=1S/C35H37NO5/c37-23-32(22-36-21-28-13-5-1-6-14-28)34(40-25-30-17-9-3-10-18-30)35(41-26-31-19-11-4-12-20-31)33(38)27-39-24-29-15-7-2-8-16-29/h1-20,22-23,33-36,38H,21,24-27H2/b32-22-/t33-,34-,35+/m1/s1. The molecule has 41 heavy (non-hydrogen) atoms. The second-order valence-electron chi connectivity index (χ2n) is 9.68. The van der Waals surface area contributed by atoms with Gasteiger partial charge in [0, 0.05) is 18.3 Å². The topological polar surface area (TPSA) is 77.0 Å². The summed E-state index contributed by atoms with van der Waals surface area (Å²) >= 11 is 0. The van der Waals surface area contributed by atoms with Crippen LogP contribution in [-0.2, 0) is 45.4 Å². The lowest BCUT2D eigenvalue weighted by Crippen LogP contribution is -2.45. The van der Waals surface area contributed by atoms with Gasteiger partial charge in [-0.15, -0.1) is 0 Å². The number of carbonyl (C=O) groups excluding carboxylic acids is 1. The van der Waals surface area contributed by atoms with Crippen molar-refractivity contribution >= 4 is 6.29 Å². The summed E-state index contributed by atoms with van der Waals surface area (Å²) in [6.45, 7) is 1.34. The zero-order valence-corrected chi connectivity index (χ0v) is 23.0. The normalized spacial score (nSPS) is 13.7. The molecule has 0 aromatic heterocycles. The van der Waals surface area contributed by atoms with Crippen molar-refractivity contribution in [2.24, 2.45) is 0 Å². The van der Waals surface area contributed by atoms with E-state index in [2.05, 4.69) is 5.32 Å². The molecular weight excluding hydrogens is 514 g/mol. The Morgan fingerprint density at radius 1 is 0.659 bits per heavy atom. The third-order valence-corrected chi connectivity index (χ3v) is 6.52. The van der Waals surface area contributed by atoms with Gasteiger partial charge in [-0.2, -0.15) is 0 Å². The van der Waals surface area contributed by atoms with Gasteiger partial charge in [0.15, 0.2) is 0 Å². The summed E-state index contributed by atoms with van der Waals surface area (Å²) < 4.78 is 18.5. The molecule has 2 N–H and O–H groups in total. The molecule has 0 saturated heterocycles. The van der Waals surface area contributed by atoms with Crippen molar-refractivity contribution in [3.8, 4) is 0 Å². The average molecular weight is 552 g/mol. The number of carbonyl (C=O) groups is 1. The lowest BCUT2D eigenvalue weighted by Gasteiger charge is -2.31. The van der Waals surface area contributed by atoms with Crippen molar-refractivity contribution in [1.29, 1.82) is 0 Å². The molecule has 0 radical (unpaired) electrons. The minimum atomic E-state index is -1.07. The smallest absolute Gasteiger partial charge is 0.150 e. The summed E-state index contributed by atoms with van der Waals surface area (Å²) in [5, 5.41) is 14.6. The Kier molecular flexibility index (Phi) is 12.3. The van der Waals surface area contributed by atoms with Crippen LogP contribution < -0.4 is 5.32 Å². The van der Waals surface area contributed by atoms with Gasteiger partial charge in [-0.1, -0.05) is 121 Å². The van der Waals surface area contributed by atoms with Crippen LogP contribution in [0.1, 0.15) is 22.3 Å². The monoisotopic (exact) mass is 551 g/mol. The molecule has 4 aromatic carbocycles. The van der Waals surface area contributed by atoms with Crippen LogP contribution in [0.4, 0.5) is 0 Å². The first-order chi connectivity index (χ1) is 20.2. The first-order valence-electron chi connectivity index (χ1n) is 13.8. The van der Waals surface area contributed by atoms with E-state index in [0.717, 1.165) is 28.5 Å². The van der Waals surface area contributed by atoms with E-state index in [1.807, 2.05) is 121 Å². The van der Waals surface area contributed by atoms with Gasteiger partial charge in [-0.3, -0.25) is 4.79 Å². The highest BCUT2D eigenvalue weighted by Crippen LogP contribution is 2.21. The number of hydrogen-bond donors (Lipinski definition) is 2. The van der Waals surface area contributed by atoms with Gasteiger partial charge in [-0.25, -0.2) is 0 Å². The molecule has 0 spiro atoms. The van der Waals surface area contributed by atoms with Crippen molar-refractivity contribution < 1.29 is 24.1 Å². The van der Waals surface area contributed by atoms with Crippen LogP contribution >= 0.6 is 0 Å². The Bertz CT molecular complexity index is 1300. The Hall–Kier alpha value is -4.07. The van der Waals surface area contributed by atoms with Crippen LogP contribution in [-0.4, -0.2) is 36.3 Å². The number of aldehydes is 1. The predicted octanol–water partition coefficient (Wildman–Crippen LogP) is 5.61. The van der Waals surface area contributed by atoms with E-state index in [1.165, 1.54) is 0 Å². The highest BCUT2D eigenvalue weighted by molar-refractivity contribution is 5.74. The molecule has 4 aromatic rings. The van der Waals surface area contributed by atoms with Crippen molar-refractivity contribution in [2.75, 3.05) is 6.61 Å². The zero-order valence-electron chi connectivity index (χ0n) is 23.0. The van der Waals surface area contributed by atoms with Gasteiger partial charge in [0.2, 0.25) is 0 Å². The summed E-state index contributed by atoms with van der Waals surface area (Å²) in [5.74, 6) is 0. The molecule has 212 valence electrons.